The lowest BCUT2D eigenvalue weighted by atomic mass is 10.1. The fourth-order valence-electron chi connectivity index (χ4n) is 1.00. The Kier molecular flexibility index (Phi) is 5.89. The normalized spacial score (nSPS) is 11.6. The summed E-state index contributed by atoms with van der Waals surface area (Å²) in [6, 6.07) is 1.70. The van der Waals surface area contributed by atoms with Crippen molar-refractivity contribution in [3.63, 3.8) is 0 Å². The highest BCUT2D eigenvalue weighted by atomic mass is 16.2. The van der Waals surface area contributed by atoms with Gasteiger partial charge in [0.05, 0.1) is 12.5 Å². The Morgan fingerprint density at radius 3 is 2.35 bits per heavy atom. The third-order valence-corrected chi connectivity index (χ3v) is 1.54. The first-order chi connectivity index (χ1) is 7.74. The van der Waals surface area contributed by atoms with Crippen LogP contribution in [0.5, 0.6) is 0 Å². The number of hydrazone groups is 1. The Morgan fingerprint density at radius 1 is 1.29 bits per heavy atom. The molecule has 17 heavy (non-hydrogen) atoms. The quantitative estimate of drug-likeness (QED) is 0.557. The zero-order valence-electron chi connectivity index (χ0n) is 10.6. The molecular formula is C11H18N4O2. The van der Waals surface area contributed by atoms with Gasteiger partial charge in [-0.1, -0.05) is 0 Å². The number of carbonyl (C=O) groups is 2. The summed E-state index contributed by atoms with van der Waals surface area (Å²) in [5.74, 6) is -0.642. The van der Waals surface area contributed by atoms with E-state index in [1.165, 1.54) is 0 Å². The SMILES string of the molecule is CC(CC(=O)NC(C)(C)C)=NNC(=O)CC#N. The van der Waals surface area contributed by atoms with Crippen LogP contribution in [0.25, 0.3) is 0 Å². The summed E-state index contributed by atoms with van der Waals surface area (Å²) in [5, 5.41) is 14.7. The fraction of sp³-hybridized carbons (Fsp3) is 0.636. The van der Waals surface area contributed by atoms with Gasteiger partial charge in [0.15, 0.2) is 0 Å². The minimum absolute atomic E-state index is 0.115. The zero-order valence-corrected chi connectivity index (χ0v) is 10.6. The molecule has 6 nitrogen and oxygen atoms in total. The third kappa shape index (κ3) is 9.05. The maximum Gasteiger partial charge on any atom is 0.254 e. The van der Waals surface area contributed by atoms with Gasteiger partial charge in [0.1, 0.15) is 6.42 Å². The molecule has 0 saturated carbocycles. The molecule has 0 aliphatic rings. The number of hydrogen-bond acceptors (Lipinski definition) is 4. The second-order valence-electron chi connectivity index (χ2n) is 4.69. The predicted octanol–water partition coefficient (Wildman–Crippen LogP) is 0.697. The average molecular weight is 238 g/mol. The molecule has 0 radical (unpaired) electrons. The van der Waals surface area contributed by atoms with Crippen molar-refractivity contribution in [2.24, 2.45) is 5.10 Å². The summed E-state index contributed by atoms with van der Waals surface area (Å²) < 4.78 is 0. The van der Waals surface area contributed by atoms with Crippen LogP contribution in [0.3, 0.4) is 0 Å². The lowest BCUT2D eigenvalue weighted by molar-refractivity contribution is -0.122. The molecule has 0 saturated heterocycles. The molecule has 0 fully saturated rings. The molecule has 0 bridgehead atoms. The fourth-order valence-corrected chi connectivity index (χ4v) is 1.00. The Hall–Kier alpha value is -1.90. The number of nitrogens with one attached hydrogen (secondary N) is 2. The van der Waals surface area contributed by atoms with E-state index in [1.807, 2.05) is 20.8 Å². The van der Waals surface area contributed by atoms with Gasteiger partial charge < -0.3 is 5.32 Å². The van der Waals surface area contributed by atoms with Crippen molar-refractivity contribution in [1.29, 1.82) is 5.26 Å². The van der Waals surface area contributed by atoms with E-state index in [1.54, 1.807) is 13.0 Å². The van der Waals surface area contributed by atoms with E-state index in [-0.39, 0.29) is 24.3 Å². The molecule has 0 unspecified atom stereocenters. The van der Waals surface area contributed by atoms with Gasteiger partial charge in [-0.25, -0.2) is 5.43 Å². The molecule has 0 atom stereocenters. The van der Waals surface area contributed by atoms with Crippen molar-refractivity contribution >= 4 is 17.5 Å². The number of nitriles is 1. The van der Waals surface area contributed by atoms with Crippen LogP contribution in [0.2, 0.25) is 0 Å². The predicted molar refractivity (Wildman–Crippen MR) is 64.0 cm³/mol. The van der Waals surface area contributed by atoms with Gasteiger partial charge in [0, 0.05) is 11.3 Å². The molecule has 2 N–H and O–H groups in total. The Bertz CT molecular complexity index is 361. The highest BCUT2D eigenvalue weighted by Gasteiger charge is 2.14. The lowest BCUT2D eigenvalue weighted by Crippen LogP contribution is -2.41. The molecule has 6 heteroatoms. The van der Waals surface area contributed by atoms with Crippen LogP contribution in [0.4, 0.5) is 0 Å². The highest BCUT2D eigenvalue weighted by molar-refractivity contribution is 6.00. The molecule has 0 aromatic carbocycles. The number of rotatable bonds is 4. The molecule has 0 heterocycles. The number of amides is 2. The van der Waals surface area contributed by atoms with Crippen LogP contribution in [0, 0.1) is 11.3 Å². The minimum Gasteiger partial charge on any atom is -0.351 e. The first-order valence-corrected chi connectivity index (χ1v) is 5.24. The van der Waals surface area contributed by atoms with Gasteiger partial charge in [-0.05, 0) is 27.7 Å². The lowest BCUT2D eigenvalue weighted by Gasteiger charge is -2.20. The molecule has 94 valence electrons. The number of hydrogen-bond donors (Lipinski definition) is 2. The van der Waals surface area contributed by atoms with Gasteiger partial charge >= 0.3 is 0 Å². The smallest absolute Gasteiger partial charge is 0.254 e. The minimum atomic E-state index is -0.483. The van der Waals surface area contributed by atoms with Crippen LogP contribution in [0.1, 0.15) is 40.5 Å². The average Bonchev–Trinajstić information content (AvgIpc) is 2.12. The van der Waals surface area contributed by atoms with Gasteiger partial charge in [0.25, 0.3) is 5.91 Å². The molecule has 0 spiro atoms. The van der Waals surface area contributed by atoms with Gasteiger partial charge in [-0.3, -0.25) is 9.59 Å². The molecule has 0 rings (SSSR count). The van der Waals surface area contributed by atoms with Crippen LogP contribution < -0.4 is 10.7 Å². The molecule has 0 aromatic heterocycles. The van der Waals surface area contributed by atoms with Gasteiger partial charge in [0.2, 0.25) is 5.91 Å². The third-order valence-electron chi connectivity index (χ3n) is 1.54. The number of nitrogens with zero attached hydrogens (tertiary/aromatic N) is 2. The maximum absolute atomic E-state index is 11.5. The molecule has 0 aliphatic heterocycles. The second kappa shape index (κ2) is 6.63. The first kappa shape index (κ1) is 15.1. The van der Waals surface area contributed by atoms with Crippen molar-refractivity contribution in [2.45, 2.75) is 46.1 Å². The topological polar surface area (TPSA) is 94.3 Å². The summed E-state index contributed by atoms with van der Waals surface area (Å²) in [6.07, 6.45) is -0.130. The van der Waals surface area contributed by atoms with Crippen molar-refractivity contribution in [1.82, 2.24) is 10.7 Å². The van der Waals surface area contributed by atoms with Crippen LogP contribution in [0.15, 0.2) is 5.10 Å². The Morgan fingerprint density at radius 2 is 1.88 bits per heavy atom. The largest absolute Gasteiger partial charge is 0.351 e. The van der Waals surface area contributed by atoms with E-state index in [9.17, 15) is 9.59 Å². The zero-order chi connectivity index (χ0) is 13.5. The Labute approximate surface area is 101 Å². The van der Waals surface area contributed by atoms with E-state index in [0.717, 1.165) is 0 Å². The van der Waals surface area contributed by atoms with Crippen molar-refractivity contribution < 1.29 is 9.59 Å². The van der Waals surface area contributed by atoms with E-state index in [4.69, 9.17) is 5.26 Å². The molecular weight excluding hydrogens is 220 g/mol. The maximum atomic E-state index is 11.5. The monoisotopic (exact) mass is 238 g/mol. The first-order valence-electron chi connectivity index (χ1n) is 5.24. The summed E-state index contributed by atoms with van der Waals surface area (Å²) in [5.41, 5.74) is 2.39. The van der Waals surface area contributed by atoms with Crippen molar-refractivity contribution in [3.05, 3.63) is 0 Å². The highest BCUT2D eigenvalue weighted by Crippen LogP contribution is 1.99. The van der Waals surface area contributed by atoms with Crippen molar-refractivity contribution in [2.75, 3.05) is 0 Å². The van der Waals surface area contributed by atoms with Gasteiger partial charge in [-0.15, -0.1) is 0 Å². The second-order valence-corrected chi connectivity index (χ2v) is 4.69. The van der Waals surface area contributed by atoms with Crippen LogP contribution in [-0.2, 0) is 9.59 Å². The van der Waals surface area contributed by atoms with E-state index in [0.29, 0.717) is 5.71 Å². The molecule has 0 aliphatic carbocycles. The number of carbonyl (C=O) groups excluding carboxylic acids is 2. The summed E-state index contributed by atoms with van der Waals surface area (Å²) in [6.45, 7) is 7.28. The summed E-state index contributed by atoms with van der Waals surface area (Å²) >= 11 is 0. The van der Waals surface area contributed by atoms with Crippen molar-refractivity contribution in [3.8, 4) is 6.07 Å². The van der Waals surface area contributed by atoms with E-state index in [2.05, 4.69) is 15.8 Å². The Balaban J connectivity index is 4.13. The summed E-state index contributed by atoms with van der Waals surface area (Å²) in [7, 11) is 0. The van der Waals surface area contributed by atoms with Crippen LogP contribution >= 0.6 is 0 Å². The molecule has 2 amide bonds. The van der Waals surface area contributed by atoms with Crippen LogP contribution in [-0.4, -0.2) is 23.1 Å². The van der Waals surface area contributed by atoms with Gasteiger partial charge in [-0.2, -0.15) is 10.4 Å². The standard InChI is InChI=1S/C11H18N4O2/c1-8(14-15-9(16)5-6-12)7-10(17)13-11(2,3)4/h5,7H2,1-4H3,(H,13,17)(H,15,16). The molecule has 0 aromatic rings. The van der Waals surface area contributed by atoms with E-state index < -0.39 is 5.91 Å². The summed E-state index contributed by atoms with van der Waals surface area (Å²) in [4.78, 5) is 22.4. The van der Waals surface area contributed by atoms with E-state index >= 15 is 0 Å².